The fourth-order valence-corrected chi connectivity index (χ4v) is 2.21. The van der Waals surface area contributed by atoms with Gasteiger partial charge in [0.25, 0.3) is 5.91 Å². The van der Waals surface area contributed by atoms with Gasteiger partial charge in [-0.3, -0.25) is 9.69 Å². The van der Waals surface area contributed by atoms with Crippen LogP contribution in [0.2, 0.25) is 0 Å². The molecule has 0 bridgehead atoms. The van der Waals surface area contributed by atoms with Crippen LogP contribution in [0.5, 0.6) is 0 Å². The quantitative estimate of drug-likeness (QED) is 0.771. The first-order chi connectivity index (χ1) is 9.33. The number of benzene rings is 2. The van der Waals surface area contributed by atoms with Crippen molar-refractivity contribution in [1.29, 1.82) is 0 Å². The molecule has 2 aromatic carbocycles. The molecule has 0 aliphatic carbocycles. The molecule has 0 fully saturated rings. The van der Waals surface area contributed by atoms with Gasteiger partial charge in [-0.15, -0.1) is 0 Å². The van der Waals surface area contributed by atoms with Gasteiger partial charge in [0.05, 0.1) is 5.69 Å². The molecule has 0 N–H and O–H groups in total. The van der Waals surface area contributed by atoms with Gasteiger partial charge in [0.2, 0.25) is 0 Å². The van der Waals surface area contributed by atoms with E-state index in [1.54, 1.807) is 4.90 Å². The highest BCUT2D eigenvalue weighted by atomic mass is 16.6. The van der Waals surface area contributed by atoms with E-state index in [1.807, 2.05) is 54.6 Å². The number of amides is 1. The first-order valence-corrected chi connectivity index (χ1v) is 5.93. The van der Waals surface area contributed by atoms with Crippen molar-refractivity contribution in [2.45, 2.75) is 0 Å². The summed E-state index contributed by atoms with van der Waals surface area (Å²) < 4.78 is 0. The van der Waals surface area contributed by atoms with Crippen LogP contribution in [0.3, 0.4) is 0 Å². The number of hydrogen-bond acceptors (Lipinski definition) is 3. The smallest absolute Gasteiger partial charge is 0.285 e. The highest BCUT2D eigenvalue weighted by Crippen LogP contribution is 2.35. The lowest BCUT2D eigenvalue weighted by Gasteiger charge is -2.16. The van der Waals surface area contributed by atoms with E-state index >= 15 is 0 Å². The molecular formula is C15H12N2O2. The van der Waals surface area contributed by atoms with Gasteiger partial charge < -0.3 is 4.84 Å². The molecule has 0 radical (unpaired) electrons. The predicted octanol–water partition coefficient (Wildman–Crippen LogP) is 2.72. The number of rotatable bonds is 2. The maximum absolute atomic E-state index is 12.5. The van der Waals surface area contributed by atoms with Crippen LogP contribution in [-0.2, 0) is 9.63 Å². The second-order valence-electron chi connectivity index (χ2n) is 4.12. The molecule has 0 aromatic heterocycles. The molecule has 0 atom stereocenters. The molecule has 1 aliphatic rings. The van der Waals surface area contributed by atoms with Crippen molar-refractivity contribution in [3.63, 3.8) is 0 Å². The molecule has 19 heavy (non-hydrogen) atoms. The Kier molecular flexibility index (Phi) is 2.76. The molecule has 4 heteroatoms. The van der Waals surface area contributed by atoms with Crippen molar-refractivity contribution in [3.8, 4) is 0 Å². The summed E-state index contributed by atoms with van der Waals surface area (Å²) in [6.45, 7) is 0. The second-order valence-corrected chi connectivity index (χ2v) is 4.12. The minimum atomic E-state index is -0.172. The summed E-state index contributed by atoms with van der Waals surface area (Å²) in [6, 6.07) is 17.1. The molecule has 1 aliphatic heterocycles. The van der Waals surface area contributed by atoms with Crippen LogP contribution >= 0.6 is 0 Å². The van der Waals surface area contributed by atoms with Crippen molar-refractivity contribution < 1.29 is 9.63 Å². The van der Waals surface area contributed by atoms with E-state index in [1.165, 1.54) is 7.11 Å². The van der Waals surface area contributed by atoms with Crippen LogP contribution in [0.4, 0.5) is 11.4 Å². The zero-order chi connectivity index (χ0) is 13.2. The monoisotopic (exact) mass is 252 g/mol. The third kappa shape index (κ3) is 1.78. The minimum Gasteiger partial charge on any atom is -0.398 e. The molecule has 0 saturated carbocycles. The summed E-state index contributed by atoms with van der Waals surface area (Å²) in [5, 5.41) is 3.85. The van der Waals surface area contributed by atoms with E-state index in [-0.39, 0.29) is 5.91 Å². The Morgan fingerprint density at radius 1 is 1.00 bits per heavy atom. The Morgan fingerprint density at radius 3 is 2.42 bits per heavy atom. The maximum Gasteiger partial charge on any atom is 0.285 e. The standard InChI is InChI=1S/C15H12N2O2/c1-19-16-14-12-9-5-6-10-13(12)17(15(14)18)11-7-3-2-4-8-11/h2-10H,1H3/b16-14-. The zero-order valence-corrected chi connectivity index (χ0v) is 10.4. The van der Waals surface area contributed by atoms with Gasteiger partial charge in [0, 0.05) is 11.3 Å². The van der Waals surface area contributed by atoms with Crippen LogP contribution in [0.25, 0.3) is 0 Å². The summed E-state index contributed by atoms with van der Waals surface area (Å²) in [5.41, 5.74) is 2.77. The number of oxime groups is 1. The number of para-hydroxylation sites is 2. The number of carbonyl (C=O) groups is 1. The van der Waals surface area contributed by atoms with Crippen LogP contribution < -0.4 is 4.90 Å². The molecule has 4 nitrogen and oxygen atoms in total. The lowest BCUT2D eigenvalue weighted by Crippen LogP contribution is -2.25. The number of anilines is 2. The van der Waals surface area contributed by atoms with E-state index in [0.717, 1.165) is 16.9 Å². The highest BCUT2D eigenvalue weighted by Gasteiger charge is 2.35. The number of carbonyl (C=O) groups excluding carboxylic acids is 1. The topological polar surface area (TPSA) is 41.9 Å². The molecule has 2 aromatic rings. The van der Waals surface area contributed by atoms with E-state index in [2.05, 4.69) is 5.16 Å². The Morgan fingerprint density at radius 2 is 1.68 bits per heavy atom. The molecule has 1 amide bonds. The van der Waals surface area contributed by atoms with Gasteiger partial charge in [-0.25, -0.2) is 0 Å². The summed E-state index contributed by atoms with van der Waals surface area (Å²) in [5.74, 6) is -0.172. The number of hydrogen-bond donors (Lipinski definition) is 0. The van der Waals surface area contributed by atoms with E-state index < -0.39 is 0 Å². The first-order valence-electron chi connectivity index (χ1n) is 5.93. The molecular weight excluding hydrogens is 240 g/mol. The molecule has 1 heterocycles. The van der Waals surface area contributed by atoms with Crippen molar-refractivity contribution in [2.24, 2.45) is 5.16 Å². The molecule has 0 spiro atoms. The van der Waals surface area contributed by atoms with Gasteiger partial charge in [-0.1, -0.05) is 41.6 Å². The van der Waals surface area contributed by atoms with E-state index in [9.17, 15) is 4.79 Å². The Balaban J connectivity index is 2.18. The van der Waals surface area contributed by atoms with Crippen LogP contribution in [-0.4, -0.2) is 18.7 Å². The van der Waals surface area contributed by atoms with Crippen molar-refractivity contribution in [2.75, 3.05) is 12.0 Å². The zero-order valence-electron chi connectivity index (χ0n) is 10.4. The lowest BCUT2D eigenvalue weighted by atomic mass is 10.1. The molecule has 3 rings (SSSR count). The maximum atomic E-state index is 12.5. The Hall–Kier alpha value is -2.62. The highest BCUT2D eigenvalue weighted by molar-refractivity contribution is 6.55. The lowest BCUT2D eigenvalue weighted by molar-refractivity contribution is -0.111. The summed E-state index contributed by atoms with van der Waals surface area (Å²) >= 11 is 0. The summed E-state index contributed by atoms with van der Waals surface area (Å²) in [7, 11) is 1.44. The average molecular weight is 252 g/mol. The van der Waals surface area contributed by atoms with Crippen molar-refractivity contribution in [3.05, 3.63) is 60.2 Å². The third-order valence-corrected chi connectivity index (χ3v) is 3.00. The number of fused-ring (bicyclic) bond motifs is 1. The summed E-state index contributed by atoms with van der Waals surface area (Å²) in [6.07, 6.45) is 0. The Bertz CT molecular complexity index is 650. The van der Waals surface area contributed by atoms with Crippen molar-refractivity contribution >= 4 is 23.0 Å². The third-order valence-electron chi connectivity index (χ3n) is 3.00. The fraction of sp³-hybridized carbons (Fsp3) is 0.0667. The molecule has 94 valence electrons. The van der Waals surface area contributed by atoms with Gasteiger partial charge in [-0.2, -0.15) is 0 Å². The Labute approximate surface area is 110 Å². The van der Waals surface area contributed by atoms with Gasteiger partial charge in [-0.05, 0) is 18.2 Å². The van der Waals surface area contributed by atoms with Crippen LogP contribution in [0.15, 0.2) is 59.8 Å². The summed E-state index contributed by atoms with van der Waals surface area (Å²) in [4.78, 5) is 18.9. The average Bonchev–Trinajstić information content (AvgIpc) is 2.73. The minimum absolute atomic E-state index is 0.172. The van der Waals surface area contributed by atoms with E-state index in [0.29, 0.717) is 5.71 Å². The number of nitrogens with zero attached hydrogens (tertiary/aromatic N) is 2. The SMILES string of the molecule is CO/N=C1\C(=O)N(c2ccccc2)c2ccccc21. The fourth-order valence-electron chi connectivity index (χ4n) is 2.21. The van der Waals surface area contributed by atoms with Gasteiger partial charge in [0.1, 0.15) is 7.11 Å². The molecule has 0 saturated heterocycles. The first kappa shape index (κ1) is 11.5. The van der Waals surface area contributed by atoms with E-state index in [4.69, 9.17) is 4.84 Å². The largest absolute Gasteiger partial charge is 0.398 e. The van der Waals surface area contributed by atoms with Gasteiger partial charge in [0.15, 0.2) is 5.71 Å². The van der Waals surface area contributed by atoms with Crippen LogP contribution in [0.1, 0.15) is 5.56 Å². The molecule has 0 unspecified atom stereocenters. The van der Waals surface area contributed by atoms with Gasteiger partial charge >= 0.3 is 0 Å². The van der Waals surface area contributed by atoms with Crippen LogP contribution in [0, 0.1) is 0 Å². The normalized spacial score (nSPS) is 15.7. The van der Waals surface area contributed by atoms with Crippen molar-refractivity contribution in [1.82, 2.24) is 0 Å². The predicted molar refractivity (Wildman–Crippen MR) is 73.6 cm³/mol. The second kappa shape index (κ2) is 4.57.